The molecule has 0 aliphatic carbocycles. The molecule has 0 aromatic heterocycles. The molecule has 1 aromatic carbocycles. The van der Waals surface area contributed by atoms with Gasteiger partial charge in [0, 0.05) is 30.8 Å². The van der Waals surface area contributed by atoms with Crippen LogP contribution in [0.15, 0.2) is 18.2 Å². The zero-order valence-electron chi connectivity index (χ0n) is 13.7. The molecule has 0 unspecified atom stereocenters. The van der Waals surface area contributed by atoms with Crippen LogP contribution in [0, 0.1) is 5.92 Å². The number of ether oxygens (including phenoxy) is 3. The van der Waals surface area contributed by atoms with Crippen LogP contribution in [0.1, 0.15) is 19.8 Å². The summed E-state index contributed by atoms with van der Waals surface area (Å²) in [5.74, 6) is 1.21. The third-order valence-electron chi connectivity index (χ3n) is 4.20. The number of benzene rings is 1. The topological polar surface area (TPSA) is 77.1 Å². The lowest BCUT2D eigenvalue weighted by Gasteiger charge is -2.30. The molecule has 2 aliphatic rings. The molecule has 0 saturated carbocycles. The van der Waals surface area contributed by atoms with Crippen molar-refractivity contribution in [3.8, 4) is 11.5 Å². The van der Waals surface area contributed by atoms with Gasteiger partial charge >= 0.3 is 6.09 Å². The Balaban J connectivity index is 1.53. The molecule has 130 valence electrons. The minimum absolute atomic E-state index is 0.0322. The number of hydrogen-bond donors (Lipinski definition) is 1. The van der Waals surface area contributed by atoms with Crippen LogP contribution in [0.3, 0.4) is 0 Å². The highest BCUT2D eigenvalue weighted by Crippen LogP contribution is 2.33. The fourth-order valence-corrected chi connectivity index (χ4v) is 2.90. The second-order valence-corrected chi connectivity index (χ2v) is 5.81. The van der Waals surface area contributed by atoms with Crippen LogP contribution in [0.2, 0.25) is 0 Å². The minimum Gasteiger partial charge on any atom is -0.486 e. The molecule has 1 aromatic rings. The van der Waals surface area contributed by atoms with E-state index in [0.717, 1.165) is 0 Å². The van der Waals surface area contributed by atoms with Gasteiger partial charge in [0.15, 0.2) is 11.5 Å². The van der Waals surface area contributed by atoms with Crippen molar-refractivity contribution in [2.75, 3.05) is 38.2 Å². The Morgan fingerprint density at radius 1 is 1.21 bits per heavy atom. The zero-order chi connectivity index (χ0) is 16.9. The number of hydrogen-bond acceptors (Lipinski definition) is 5. The van der Waals surface area contributed by atoms with Gasteiger partial charge in [-0.3, -0.25) is 4.79 Å². The number of fused-ring (bicyclic) bond motifs is 1. The molecule has 0 radical (unpaired) electrons. The first-order valence-electron chi connectivity index (χ1n) is 8.29. The first-order chi connectivity index (χ1) is 11.7. The van der Waals surface area contributed by atoms with Crippen molar-refractivity contribution in [3.63, 3.8) is 0 Å². The number of likely N-dealkylation sites (tertiary alicyclic amines) is 1. The lowest BCUT2D eigenvalue weighted by molar-refractivity contribution is -0.121. The Labute approximate surface area is 140 Å². The molecule has 2 amide bonds. The summed E-state index contributed by atoms with van der Waals surface area (Å²) in [7, 11) is 0. The standard InChI is InChI=1S/C17H22N2O5/c1-2-22-17(21)19-7-5-12(6-8-19)16(20)18-13-3-4-14-15(11-13)24-10-9-23-14/h3-4,11-12H,2,5-10H2,1H3,(H,18,20). The van der Waals surface area contributed by atoms with Crippen LogP contribution in [0.4, 0.5) is 10.5 Å². The zero-order valence-corrected chi connectivity index (χ0v) is 13.7. The maximum atomic E-state index is 12.4. The lowest BCUT2D eigenvalue weighted by atomic mass is 9.96. The highest BCUT2D eigenvalue weighted by Gasteiger charge is 2.28. The van der Waals surface area contributed by atoms with Crippen molar-refractivity contribution in [1.82, 2.24) is 4.90 Å². The highest BCUT2D eigenvalue weighted by atomic mass is 16.6. The van der Waals surface area contributed by atoms with Gasteiger partial charge in [-0.1, -0.05) is 0 Å². The Morgan fingerprint density at radius 3 is 2.62 bits per heavy atom. The second kappa shape index (κ2) is 7.42. The monoisotopic (exact) mass is 334 g/mol. The van der Waals surface area contributed by atoms with Crippen LogP contribution in [-0.2, 0) is 9.53 Å². The number of nitrogens with zero attached hydrogens (tertiary/aromatic N) is 1. The molecule has 24 heavy (non-hydrogen) atoms. The fourth-order valence-electron chi connectivity index (χ4n) is 2.90. The van der Waals surface area contributed by atoms with E-state index < -0.39 is 0 Å². The summed E-state index contributed by atoms with van der Waals surface area (Å²) in [4.78, 5) is 25.7. The Morgan fingerprint density at radius 2 is 1.92 bits per heavy atom. The molecular weight excluding hydrogens is 312 g/mol. The predicted molar refractivity (Wildman–Crippen MR) is 87.4 cm³/mol. The number of piperidine rings is 1. The summed E-state index contributed by atoms with van der Waals surface area (Å²) in [6, 6.07) is 5.38. The van der Waals surface area contributed by atoms with E-state index in [2.05, 4.69) is 5.32 Å². The summed E-state index contributed by atoms with van der Waals surface area (Å²) in [6.45, 7) is 4.28. The minimum atomic E-state index is -0.303. The molecule has 3 rings (SSSR count). The SMILES string of the molecule is CCOC(=O)N1CCC(C(=O)Nc2ccc3c(c2)OCCO3)CC1. The average Bonchev–Trinajstić information content (AvgIpc) is 2.62. The van der Waals surface area contributed by atoms with Crippen LogP contribution < -0.4 is 14.8 Å². The van der Waals surface area contributed by atoms with E-state index >= 15 is 0 Å². The maximum absolute atomic E-state index is 12.4. The molecule has 1 N–H and O–H groups in total. The van der Waals surface area contributed by atoms with Gasteiger partial charge in [-0.2, -0.15) is 0 Å². The molecule has 2 aliphatic heterocycles. The van der Waals surface area contributed by atoms with E-state index in [-0.39, 0.29) is 17.9 Å². The number of carbonyl (C=O) groups is 2. The van der Waals surface area contributed by atoms with E-state index in [9.17, 15) is 9.59 Å². The smallest absolute Gasteiger partial charge is 0.409 e. The molecule has 0 spiro atoms. The molecular formula is C17H22N2O5. The predicted octanol–water partition coefficient (Wildman–Crippen LogP) is 2.26. The Kier molecular flexibility index (Phi) is 5.08. The highest BCUT2D eigenvalue weighted by molar-refractivity contribution is 5.93. The first kappa shape index (κ1) is 16.4. The Bertz CT molecular complexity index is 611. The number of anilines is 1. The summed E-state index contributed by atoms with van der Waals surface area (Å²) in [6.07, 6.45) is 0.966. The normalized spacial score (nSPS) is 17.3. The fraction of sp³-hybridized carbons (Fsp3) is 0.529. The van der Waals surface area contributed by atoms with E-state index in [4.69, 9.17) is 14.2 Å². The quantitative estimate of drug-likeness (QED) is 0.917. The van der Waals surface area contributed by atoms with E-state index in [1.807, 2.05) is 0 Å². The number of rotatable bonds is 3. The number of amides is 2. The van der Waals surface area contributed by atoms with Gasteiger partial charge in [0.2, 0.25) is 5.91 Å². The maximum Gasteiger partial charge on any atom is 0.409 e. The van der Waals surface area contributed by atoms with Crippen molar-refractivity contribution in [2.24, 2.45) is 5.92 Å². The van der Waals surface area contributed by atoms with Crippen LogP contribution in [0.5, 0.6) is 11.5 Å². The van der Waals surface area contributed by atoms with Crippen molar-refractivity contribution in [1.29, 1.82) is 0 Å². The molecule has 2 heterocycles. The third-order valence-corrected chi connectivity index (χ3v) is 4.20. The third kappa shape index (κ3) is 3.72. The first-order valence-corrected chi connectivity index (χ1v) is 8.29. The second-order valence-electron chi connectivity index (χ2n) is 5.81. The van der Waals surface area contributed by atoms with Gasteiger partial charge in [0.05, 0.1) is 6.61 Å². The summed E-state index contributed by atoms with van der Waals surface area (Å²) in [5, 5.41) is 2.92. The van der Waals surface area contributed by atoms with Gasteiger partial charge in [0.1, 0.15) is 13.2 Å². The largest absolute Gasteiger partial charge is 0.486 e. The van der Waals surface area contributed by atoms with E-state index in [1.165, 1.54) is 0 Å². The molecule has 1 saturated heterocycles. The van der Waals surface area contributed by atoms with Crippen LogP contribution >= 0.6 is 0 Å². The molecule has 0 atom stereocenters. The van der Waals surface area contributed by atoms with Gasteiger partial charge in [-0.25, -0.2) is 4.79 Å². The van der Waals surface area contributed by atoms with Crippen LogP contribution in [0.25, 0.3) is 0 Å². The molecule has 7 heteroatoms. The Hall–Kier alpha value is -2.44. The van der Waals surface area contributed by atoms with Crippen molar-refractivity contribution >= 4 is 17.7 Å². The van der Waals surface area contributed by atoms with Gasteiger partial charge in [-0.15, -0.1) is 0 Å². The summed E-state index contributed by atoms with van der Waals surface area (Å²) >= 11 is 0. The average molecular weight is 334 g/mol. The van der Waals surface area contributed by atoms with Gasteiger partial charge in [-0.05, 0) is 31.9 Å². The summed E-state index contributed by atoms with van der Waals surface area (Å²) < 4.78 is 16.0. The van der Waals surface area contributed by atoms with Gasteiger partial charge in [0.25, 0.3) is 0 Å². The number of nitrogens with one attached hydrogen (secondary N) is 1. The van der Waals surface area contributed by atoms with Crippen molar-refractivity contribution < 1.29 is 23.8 Å². The van der Waals surface area contributed by atoms with Crippen molar-refractivity contribution in [2.45, 2.75) is 19.8 Å². The van der Waals surface area contributed by atoms with Crippen LogP contribution in [-0.4, -0.2) is 49.8 Å². The summed E-state index contributed by atoms with van der Waals surface area (Å²) in [5.41, 5.74) is 0.692. The molecule has 7 nitrogen and oxygen atoms in total. The van der Waals surface area contributed by atoms with Gasteiger partial charge < -0.3 is 24.4 Å². The molecule has 0 bridgehead atoms. The van der Waals surface area contributed by atoms with E-state index in [0.29, 0.717) is 62.9 Å². The number of carbonyl (C=O) groups excluding carboxylic acids is 2. The van der Waals surface area contributed by atoms with E-state index in [1.54, 1.807) is 30.0 Å². The van der Waals surface area contributed by atoms with Crippen molar-refractivity contribution in [3.05, 3.63) is 18.2 Å². The lowest BCUT2D eigenvalue weighted by Crippen LogP contribution is -2.41. The molecule has 1 fully saturated rings.